The molecule has 1 aliphatic heterocycles. The first-order valence-corrected chi connectivity index (χ1v) is 9.12. The Bertz CT molecular complexity index is 508. The summed E-state index contributed by atoms with van der Waals surface area (Å²) in [5.41, 5.74) is 8.78. The topological polar surface area (TPSA) is 71.2 Å². The van der Waals surface area contributed by atoms with Gasteiger partial charge in [-0.3, -0.25) is 9.78 Å². The molecule has 24 heavy (non-hydrogen) atoms. The predicted molar refractivity (Wildman–Crippen MR) is 101 cm³/mol. The van der Waals surface area contributed by atoms with Gasteiger partial charge < -0.3 is 16.0 Å². The van der Waals surface area contributed by atoms with Crippen molar-refractivity contribution in [3.05, 3.63) is 23.5 Å². The van der Waals surface area contributed by atoms with E-state index in [-0.39, 0.29) is 5.91 Å². The van der Waals surface area contributed by atoms with Crippen molar-refractivity contribution in [3.63, 3.8) is 0 Å². The molecular weight excluding hydrogens is 300 g/mol. The number of nitrogens with zero attached hydrogens (tertiary/aromatic N) is 2. The summed E-state index contributed by atoms with van der Waals surface area (Å²) in [4.78, 5) is 16.8. The SMILES string of the molecule is CCCC(N)=O.CCCc1c(N2CC(C)NC(C)C2)ccnc1C. The van der Waals surface area contributed by atoms with E-state index in [2.05, 4.69) is 49.0 Å². The first-order valence-electron chi connectivity index (χ1n) is 9.12. The third-order valence-electron chi connectivity index (χ3n) is 4.14. The summed E-state index contributed by atoms with van der Waals surface area (Å²) >= 11 is 0. The Morgan fingerprint density at radius 2 is 1.92 bits per heavy atom. The van der Waals surface area contributed by atoms with E-state index in [9.17, 15) is 4.79 Å². The van der Waals surface area contributed by atoms with Gasteiger partial charge in [0.2, 0.25) is 5.91 Å². The van der Waals surface area contributed by atoms with Crippen molar-refractivity contribution < 1.29 is 4.79 Å². The normalized spacial score (nSPS) is 20.3. The van der Waals surface area contributed by atoms with Gasteiger partial charge in [-0.15, -0.1) is 0 Å². The average molecular weight is 335 g/mol. The van der Waals surface area contributed by atoms with Crippen LogP contribution in [-0.2, 0) is 11.2 Å². The molecule has 0 aliphatic carbocycles. The fourth-order valence-electron chi connectivity index (χ4n) is 3.21. The van der Waals surface area contributed by atoms with Crippen molar-refractivity contribution in [2.75, 3.05) is 18.0 Å². The van der Waals surface area contributed by atoms with Crippen LogP contribution in [0.2, 0.25) is 0 Å². The Balaban J connectivity index is 0.000000413. The number of nitrogens with one attached hydrogen (secondary N) is 1. The molecule has 1 fully saturated rings. The highest BCUT2D eigenvalue weighted by Gasteiger charge is 2.23. The monoisotopic (exact) mass is 334 g/mol. The van der Waals surface area contributed by atoms with Gasteiger partial charge in [-0.1, -0.05) is 20.3 Å². The lowest BCUT2D eigenvalue weighted by atomic mass is 10.0. The maximum absolute atomic E-state index is 9.82. The summed E-state index contributed by atoms with van der Waals surface area (Å²) in [6.07, 6.45) is 5.62. The van der Waals surface area contributed by atoms with E-state index in [0.717, 1.165) is 25.9 Å². The Kier molecular flexibility index (Phi) is 8.76. The number of hydrogen-bond donors (Lipinski definition) is 2. The molecule has 0 aromatic carbocycles. The predicted octanol–water partition coefficient (Wildman–Crippen LogP) is 2.80. The minimum Gasteiger partial charge on any atom is -0.370 e. The molecule has 1 aliphatic rings. The van der Waals surface area contributed by atoms with Crippen LogP contribution in [0.15, 0.2) is 12.3 Å². The number of rotatable bonds is 5. The number of primary amides is 1. The van der Waals surface area contributed by atoms with Crippen LogP contribution in [0.4, 0.5) is 5.69 Å². The number of anilines is 1. The molecule has 5 nitrogen and oxygen atoms in total. The molecule has 0 radical (unpaired) electrons. The highest BCUT2D eigenvalue weighted by atomic mass is 16.1. The molecule has 136 valence electrons. The van der Waals surface area contributed by atoms with Crippen LogP contribution < -0.4 is 16.0 Å². The van der Waals surface area contributed by atoms with Gasteiger partial charge in [0.15, 0.2) is 0 Å². The molecule has 0 spiro atoms. The van der Waals surface area contributed by atoms with Gasteiger partial charge in [0.1, 0.15) is 0 Å². The zero-order chi connectivity index (χ0) is 18.1. The van der Waals surface area contributed by atoms with Crippen LogP contribution in [0.5, 0.6) is 0 Å². The zero-order valence-corrected chi connectivity index (χ0v) is 15.9. The van der Waals surface area contributed by atoms with E-state index in [1.54, 1.807) is 0 Å². The van der Waals surface area contributed by atoms with E-state index in [0.29, 0.717) is 18.5 Å². The molecule has 5 heteroatoms. The van der Waals surface area contributed by atoms with Crippen LogP contribution in [-0.4, -0.2) is 36.1 Å². The summed E-state index contributed by atoms with van der Waals surface area (Å²) in [6.45, 7) is 13.0. The fourth-order valence-corrected chi connectivity index (χ4v) is 3.21. The second-order valence-corrected chi connectivity index (χ2v) is 6.73. The number of pyridine rings is 1. The standard InChI is InChI=1S/C15H25N3.C4H9NO/c1-5-6-14-13(4)16-8-7-15(14)18-9-11(2)17-12(3)10-18;1-2-3-4(5)6/h7-8,11-12,17H,5-6,9-10H2,1-4H3;2-3H2,1H3,(H2,5,6). The smallest absolute Gasteiger partial charge is 0.217 e. The third kappa shape index (κ3) is 6.48. The quantitative estimate of drug-likeness (QED) is 0.868. The van der Waals surface area contributed by atoms with Crippen LogP contribution in [0, 0.1) is 6.92 Å². The summed E-state index contributed by atoms with van der Waals surface area (Å²) in [6, 6.07) is 3.29. The van der Waals surface area contributed by atoms with Crippen LogP contribution >= 0.6 is 0 Å². The van der Waals surface area contributed by atoms with Gasteiger partial charge in [-0.05, 0) is 45.2 Å². The Morgan fingerprint density at radius 1 is 1.29 bits per heavy atom. The first-order chi connectivity index (χ1) is 11.4. The molecule has 1 saturated heterocycles. The fraction of sp³-hybridized carbons (Fsp3) is 0.684. The van der Waals surface area contributed by atoms with Gasteiger partial charge in [0.05, 0.1) is 0 Å². The van der Waals surface area contributed by atoms with Gasteiger partial charge >= 0.3 is 0 Å². The van der Waals surface area contributed by atoms with Crippen molar-refractivity contribution in [3.8, 4) is 0 Å². The lowest BCUT2D eigenvalue weighted by molar-refractivity contribution is -0.118. The molecule has 0 bridgehead atoms. The first kappa shape index (κ1) is 20.4. The van der Waals surface area contributed by atoms with Gasteiger partial charge in [0, 0.05) is 49.2 Å². The lowest BCUT2D eigenvalue weighted by Crippen LogP contribution is -2.54. The highest BCUT2D eigenvalue weighted by molar-refractivity contribution is 5.73. The summed E-state index contributed by atoms with van der Waals surface area (Å²) < 4.78 is 0. The number of carbonyl (C=O) groups is 1. The molecule has 1 aromatic heterocycles. The Morgan fingerprint density at radius 3 is 2.38 bits per heavy atom. The summed E-state index contributed by atoms with van der Waals surface area (Å²) in [7, 11) is 0. The minimum absolute atomic E-state index is 0.211. The Hall–Kier alpha value is -1.62. The van der Waals surface area contributed by atoms with E-state index >= 15 is 0 Å². The van der Waals surface area contributed by atoms with Crippen molar-refractivity contribution in [1.82, 2.24) is 10.3 Å². The maximum Gasteiger partial charge on any atom is 0.217 e. The number of nitrogens with two attached hydrogens (primary N) is 1. The lowest BCUT2D eigenvalue weighted by Gasteiger charge is -2.38. The van der Waals surface area contributed by atoms with Crippen molar-refractivity contribution in [2.24, 2.45) is 5.73 Å². The minimum atomic E-state index is -0.211. The van der Waals surface area contributed by atoms with Crippen molar-refractivity contribution in [1.29, 1.82) is 0 Å². The number of hydrogen-bond acceptors (Lipinski definition) is 4. The molecule has 2 atom stereocenters. The molecular formula is C19H34N4O. The molecule has 2 heterocycles. The van der Waals surface area contributed by atoms with E-state index in [1.165, 1.54) is 23.4 Å². The molecule has 2 rings (SSSR count). The highest BCUT2D eigenvalue weighted by Crippen LogP contribution is 2.25. The second kappa shape index (κ2) is 10.3. The number of aryl methyl sites for hydroxylation is 1. The van der Waals surface area contributed by atoms with Gasteiger partial charge in [-0.2, -0.15) is 0 Å². The molecule has 3 N–H and O–H groups in total. The van der Waals surface area contributed by atoms with Gasteiger partial charge in [-0.25, -0.2) is 0 Å². The van der Waals surface area contributed by atoms with Crippen molar-refractivity contribution in [2.45, 2.75) is 72.4 Å². The third-order valence-corrected chi connectivity index (χ3v) is 4.14. The average Bonchev–Trinajstić information content (AvgIpc) is 2.49. The summed E-state index contributed by atoms with van der Waals surface area (Å²) in [5, 5.41) is 3.59. The molecule has 1 aromatic rings. The van der Waals surface area contributed by atoms with Crippen molar-refractivity contribution >= 4 is 11.6 Å². The van der Waals surface area contributed by atoms with Crippen LogP contribution in [0.25, 0.3) is 0 Å². The van der Waals surface area contributed by atoms with E-state index in [4.69, 9.17) is 5.73 Å². The molecule has 2 unspecified atom stereocenters. The van der Waals surface area contributed by atoms with E-state index < -0.39 is 0 Å². The maximum atomic E-state index is 9.82. The largest absolute Gasteiger partial charge is 0.370 e. The summed E-state index contributed by atoms with van der Waals surface area (Å²) in [5.74, 6) is -0.211. The van der Waals surface area contributed by atoms with Crippen LogP contribution in [0.3, 0.4) is 0 Å². The Labute approximate surface area is 147 Å². The molecule has 0 saturated carbocycles. The van der Waals surface area contributed by atoms with Crippen LogP contribution in [0.1, 0.15) is 58.2 Å². The number of aromatic nitrogens is 1. The zero-order valence-electron chi connectivity index (χ0n) is 15.9. The number of amides is 1. The van der Waals surface area contributed by atoms with Gasteiger partial charge in [0.25, 0.3) is 0 Å². The van der Waals surface area contributed by atoms with E-state index in [1.807, 2.05) is 13.1 Å². The second-order valence-electron chi connectivity index (χ2n) is 6.73. The molecule has 1 amide bonds. The number of carbonyl (C=O) groups excluding carboxylic acids is 1. The number of piperazine rings is 1.